The van der Waals surface area contributed by atoms with Gasteiger partial charge in [-0.1, -0.05) is 30.3 Å². The van der Waals surface area contributed by atoms with Gasteiger partial charge in [0.2, 0.25) is 17.7 Å². The van der Waals surface area contributed by atoms with Crippen molar-refractivity contribution in [3.05, 3.63) is 65.9 Å². The van der Waals surface area contributed by atoms with Crippen LogP contribution in [0.3, 0.4) is 0 Å². The fraction of sp³-hybridized carbons (Fsp3) is 0.345. The molecule has 3 rings (SSSR count). The second-order valence-corrected chi connectivity index (χ2v) is 10.2. The summed E-state index contributed by atoms with van der Waals surface area (Å²) in [5.74, 6) is -5.38. The number of benzene rings is 2. The number of aromatic nitrogens is 1. The fourth-order valence-corrected chi connectivity index (χ4v) is 4.43. The number of aliphatic hydroxyl groups is 1. The smallest absolute Gasteiger partial charge is 0.326 e. The highest BCUT2D eigenvalue weighted by Crippen LogP contribution is 2.19. The molecule has 5 unspecified atom stereocenters. The standard InChI is InChI=1S/C29H35N5O9/c1-15(35)25(28(41)33-23(29(42)43)12-16-6-8-18(36)9-7-16)34-27(40)22(10-11-24(37)38)32-26(39)20(30)13-17-14-31-21-5-3-2-4-19(17)21/h2-9,14-15,20,22-23,25,31,35-36H,10-13,30H2,1H3,(H,32,39)(H,33,41)(H,34,40)(H,37,38)(H,42,43). The van der Waals surface area contributed by atoms with E-state index in [1.807, 2.05) is 24.3 Å². The minimum absolute atomic E-state index is 0.0278. The Kier molecular flexibility index (Phi) is 11.2. The van der Waals surface area contributed by atoms with Gasteiger partial charge in [0.05, 0.1) is 12.1 Å². The first-order valence-electron chi connectivity index (χ1n) is 13.5. The van der Waals surface area contributed by atoms with Crippen LogP contribution < -0.4 is 21.7 Å². The lowest BCUT2D eigenvalue weighted by atomic mass is 10.0. The number of aromatic hydroxyl groups is 1. The van der Waals surface area contributed by atoms with Gasteiger partial charge in [-0.3, -0.25) is 19.2 Å². The van der Waals surface area contributed by atoms with Crippen LogP contribution in [-0.2, 0) is 36.8 Å². The molecule has 1 aromatic heterocycles. The average Bonchev–Trinajstić information content (AvgIpc) is 3.36. The molecule has 0 spiro atoms. The maximum absolute atomic E-state index is 13.2. The molecule has 0 bridgehead atoms. The molecule has 14 nitrogen and oxygen atoms in total. The number of carboxylic acids is 2. The zero-order chi connectivity index (χ0) is 31.7. The van der Waals surface area contributed by atoms with E-state index in [9.17, 15) is 39.3 Å². The summed E-state index contributed by atoms with van der Waals surface area (Å²) in [7, 11) is 0. The molecule has 5 atom stereocenters. The predicted molar refractivity (Wildman–Crippen MR) is 154 cm³/mol. The van der Waals surface area contributed by atoms with Crippen molar-refractivity contribution in [1.82, 2.24) is 20.9 Å². The number of carbonyl (C=O) groups is 5. The SMILES string of the molecule is CC(O)C(NC(=O)C(CCC(=O)O)NC(=O)C(N)Cc1c[nH]c2ccccc12)C(=O)NC(Cc1ccc(O)cc1)C(=O)O. The van der Waals surface area contributed by atoms with Crippen LogP contribution in [0.1, 0.15) is 30.9 Å². The van der Waals surface area contributed by atoms with E-state index in [-0.39, 0.29) is 25.0 Å². The number of nitrogens with two attached hydrogens (primary N) is 1. The number of fused-ring (bicyclic) bond motifs is 1. The van der Waals surface area contributed by atoms with Crippen molar-refractivity contribution in [2.75, 3.05) is 0 Å². The van der Waals surface area contributed by atoms with Crippen molar-refractivity contribution >= 4 is 40.6 Å². The van der Waals surface area contributed by atoms with Gasteiger partial charge in [-0.05, 0) is 49.1 Å². The molecular weight excluding hydrogens is 562 g/mol. The van der Waals surface area contributed by atoms with Gasteiger partial charge in [0.15, 0.2) is 0 Å². The number of phenols is 1. The summed E-state index contributed by atoms with van der Waals surface area (Å²) < 4.78 is 0. The second kappa shape index (κ2) is 14.8. The summed E-state index contributed by atoms with van der Waals surface area (Å²) in [6, 6.07) is 7.43. The predicted octanol–water partition coefficient (Wildman–Crippen LogP) is -0.229. The number of hydrogen-bond acceptors (Lipinski definition) is 8. The number of aliphatic hydroxyl groups excluding tert-OH is 1. The summed E-state index contributed by atoms with van der Waals surface area (Å²) >= 11 is 0. The summed E-state index contributed by atoms with van der Waals surface area (Å²) in [6.45, 7) is 1.20. The van der Waals surface area contributed by atoms with Gasteiger partial charge in [-0.15, -0.1) is 0 Å². The zero-order valence-electron chi connectivity index (χ0n) is 23.3. The van der Waals surface area contributed by atoms with E-state index >= 15 is 0 Å². The van der Waals surface area contributed by atoms with E-state index in [4.69, 9.17) is 10.8 Å². The number of carbonyl (C=O) groups excluding carboxylic acids is 3. The lowest BCUT2D eigenvalue weighted by Crippen LogP contribution is -2.60. The Morgan fingerprint density at radius 2 is 1.51 bits per heavy atom. The Hall–Kier alpha value is -4.95. The summed E-state index contributed by atoms with van der Waals surface area (Å²) in [4.78, 5) is 65.2. The first-order chi connectivity index (χ1) is 20.3. The Bertz CT molecular complexity index is 1450. The normalized spacial score (nSPS) is 14.6. The van der Waals surface area contributed by atoms with E-state index in [1.54, 1.807) is 6.20 Å². The van der Waals surface area contributed by atoms with Crippen molar-refractivity contribution in [2.45, 2.75) is 62.9 Å². The third-order valence-electron chi connectivity index (χ3n) is 6.78. The van der Waals surface area contributed by atoms with Crippen molar-refractivity contribution in [3.63, 3.8) is 0 Å². The van der Waals surface area contributed by atoms with Crippen LogP contribution in [0.2, 0.25) is 0 Å². The molecular formula is C29H35N5O9. The number of H-pyrrole nitrogens is 1. The molecule has 0 fully saturated rings. The highest BCUT2D eigenvalue weighted by atomic mass is 16.4. The summed E-state index contributed by atoms with van der Waals surface area (Å²) in [5, 5.41) is 46.3. The number of amides is 3. The van der Waals surface area contributed by atoms with E-state index in [1.165, 1.54) is 31.2 Å². The van der Waals surface area contributed by atoms with Crippen molar-refractivity contribution in [2.24, 2.45) is 5.73 Å². The quantitative estimate of drug-likeness (QED) is 0.111. The maximum atomic E-state index is 13.2. The van der Waals surface area contributed by atoms with Gasteiger partial charge >= 0.3 is 11.9 Å². The van der Waals surface area contributed by atoms with Crippen molar-refractivity contribution in [3.8, 4) is 5.75 Å². The Balaban J connectivity index is 1.69. The number of hydrogen-bond donors (Lipinski definition) is 9. The van der Waals surface area contributed by atoms with Gasteiger partial charge in [-0.25, -0.2) is 4.79 Å². The maximum Gasteiger partial charge on any atom is 0.326 e. The van der Waals surface area contributed by atoms with E-state index in [0.717, 1.165) is 16.5 Å². The Labute approximate surface area is 246 Å². The van der Waals surface area contributed by atoms with E-state index < -0.39 is 66.4 Å². The first-order valence-corrected chi connectivity index (χ1v) is 13.5. The number of phenolic OH excluding ortho intramolecular Hbond substituents is 1. The van der Waals surface area contributed by atoms with Crippen LogP contribution >= 0.6 is 0 Å². The molecule has 0 aliphatic rings. The van der Waals surface area contributed by atoms with E-state index in [2.05, 4.69) is 20.9 Å². The van der Waals surface area contributed by atoms with Gasteiger partial charge in [-0.2, -0.15) is 0 Å². The molecule has 2 aromatic carbocycles. The van der Waals surface area contributed by atoms with Crippen LogP contribution in [0.25, 0.3) is 10.9 Å². The second-order valence-electron chi connectivity index (χ2n) is 10.2. The van der Waals surface area contributed by atoms with Gasteiger partial charge in [0, 0.05) is 29.9 Å². The Morgan fingerprint density at radius 1 is 0.860 bits per heavy atom. The molecule has 0 aliphatic heterocycles. The van der Waals surface area contributed by atoms with Crippen LogP contribution in [0.4, 0.5) is 0 Å². The van der Waals surface area contributed by atoms with Gasteiger partial charge < -0.3 is 47.1 Å². The molecule has 3 amide bonds. The Morgan fingerprint density at radius 3 is 2.14 bits per heavy atom. The van der Waals surface area contributed by atoms with Crippen LogP contribution in [-0.4, -0.2) is 85.3 Å². The molecule has 1 heterocycles. The first kappa shape index (κ1) is 32.6. The largest absolute Gasteiger partial charge is 0.508 e. The number of rotatable bonds is 15. The molecule has 14 heteroatoms. The molecule has 3 aromatic rings. The lowest BCUT2D eigenvalue weighted by molar-refractivity contribution is -0.143. The molecule has 10 N–H and O–H groups in total. The van der Waals surface area contributed by atoms with Crippen LogP contribution in [0, 0.1) is 0 Å². The molecule has 0 saturated carbocycles. The number of aromatic amines is 1. The fourth-order valence-electron chi connectivity index (χ4n) is 4.43. The van der Waals surface area contributed by atoms with Crippen molar-refractivity contribution < 1.29 is 44.4 Å². The number of nitrogens with one attached hydrogen (secondary N) is 4. The zero-order valence-corrected chi connectivity index (χ0v) is 23.3. The summed E-state index contributed by atoms with van der Waals surface area (Å²) in [6.07, 6.45) is -0.682. The van der Waals surface area contributed by atoms with Crippen LogP contribution in [0.15, 0.2) is 54.7 Å². The lowest BCUT2D eigenvalue weighted by Gasteiger charge is -2.26. The highest BCUT2D eigenvalue weighted by molar-refractivity contribution is 5.95. The molecule has 0 radical (unpaired) electrons. The summed E-state index contributed by atoms with van der Waals surface area (Å²) in [5.41, 5.74) is 8.20. The van der Waals surface area contributed by atoms with E-state index in [0.29, 0.717) is 5.56 Å². The molecule has 0 aliphatic carbocycles. The monoisotopic (exact) mass is 597 g/mol. The molecule has 43 heavy (non-hydrogen) atoms. The topological polar surface area (TPSA) is 244 Å². The van der Waals surface area contributed by atoms with Gasteiger partial charge in [0.1, 0.15) is 23.9 Å². The third-order valence-corrected chi connectivity index (χ3v) is 6.78. The number of aliphatic carboxylic acids is 2. The number of carboxylic acid groups (broad SMARTS) is 2. The molecule has 230 valence electrons. The highest BCUT2D eigenvalue weighted by Gasteiger charge is 2.33. The van der Waals surface area contributed by atoms with Crippen molar-refractivity contribution in [1.29, 1.82) is 0 Å². The number of para-hydroxylation sites is 1. The molecule has 0 saturated heterocycles. The minimum Gasteiger partial charge on any atom is -0.508 e. The third kappa shape index (κ3) is 9.28. The average molecular weight is 598 g/mol. The van der Waals surface area contributed by atoms with Crippen LogP contribution in [0.5, 0.6) is 5.75 Å². The van der Waals surface area contributed by atoms with Gasteiger partial charge in [0.25, 0.3) is 0 Å². The minimum atomic E-state index is -1.64.